The Morgan fingerprint density at radius 1 is 1.53 bits per heavy atom. The summed E-state index contributed by atoms with van der Waals surface area (Å²) in [4.78, 5) is 13.4. The summed E-state index contributed by atoms with van der Waals surface area (Å²) in [6.45, 7) is 7.16. The first-order valence-corrected chi connectivity index (χ1v) is 5.57. The predicted octanol–water partition coefficient (Wildman–Crippen LogP) is -0.828. The second-order valence-electron chi connectivity index (χ2n) is 3.76. The van der Waals surface area contributed by atoms with Gasteiger partial charge in [0.05, 0.1) is 19.3 Å². The molecule has 0 bridgehead atoms. The summed E-state index contributed by atoms with van der Waals surface area (Å²) in [6.07, 6.45) is 0.781. The van der Waals surface area contributed by atoms with Crippen molar-refractivity contribution in [2.24, 2.45) is 5.73 Å². The Morgan fingerprint density at radius 3 is 2.73 bits per heavy atom. The average molecular weight is 215 g/mol. The van der Waals surface area contributed by atoms with Gasteiger partial charge in [-0.1, -0.05) is 6.92 Å². The SMILES string of the molecule is CCNC(CCN1CCOCC1)C(N)=O. The van der Waals surface area contributed by atoms with Crippen LogP contribution in [0.2, 0.25) is 0 Å². The van der Waals surface area contributed by atoms with Gasteiger partial charge in [0.2, 0.25) is 5.91 Å². The number of likely N-dealkylation sites (N-methyl/N-ethyl adjacent to an activating group) is 1. The first kappa shape index (κ1) is 12.4. The lowest BCUT2D eigenvalue weighted by Crippen LogP contribution is -2.45. The first-order chi connectivity index (χ1) is 7.24. The predicted molar refractivity (Wildman–Crippen MR) is 58.5 cm³/mol. The molecule has 1 atom stereocenters. The zero-order valence-corrected chi connectivity index (χ0v) is 9.37. The third-order valence-electron chi connectivity index (χ3n) is 2.63. The number of hydrogen-bond acceptors (Lipinski definition) is 4. The highest BCUT2D eigenvalue weighted by Crippen LogP contribution is 2.00. The summed E-state index contributed by atoms with van der Waals surface area (Å²) in [6, 6.07) is -0.196. The van der Waals surface area contributed by atoms with Crippen LogP contribution < -0.4 is 11.1 Å². The maximum absolute atomic E-state index is 11.1. The molecule has 1 heterocycles. The summed E-state index contributed by atoms with van der Waals surface area (Å²) in [5.74, 6) is -0.259. The van der Waals surface area contributed by atoms with Gasteiger partial charge < -0.3 is 15.8 Å². The van der Waals surface area contributed by atoms with Crippen LogP contribution in [0.25, 0.3) is 0 Å². The lowest BCUT2D eigenvalue weighted by atomic mass is 10.2. The van der Waals surface area contributed by atoms with E-state index < -0.39 is 0 Å². The lowest BCUT2D eigenvalue weighted by molar-refractivity contribution is -0.120. The smallest absolute Gasteiger partial charge is 0.234 e. The third kappa shape index (κ3) is 4.59. The summed E-state index contributed by atoms with van der Waals surface area (Å²) in [5.41, 5.74) is 5.29. The Labute approximate surface area is 90.9 Å². The normalized spacial score (nSPS) is 20.1. The molecule has 3 N–H and O–H groups in total. The second-order valence-corrected chi connectivity index (χ2v) is 3.76. The number of morpholine rings is 1. The topological polar surface area (TPSA) is 67.6 Å². The maximum Gasteiger partial charge on any atom is 0.234 e. The Hall–Kier alpha value is -0.650. The molecule has 0 spiro atoms. The summed E-state index contributed by atoms with van der Waals surface area (Å²) in [5, 5.41) is 3.09. The number of nitrogens with two attached hydrogens (primary N) is 1. The number of ether oxygens (including phenoxy) is 1. The van der Waals surface area contributed by atoms with Crippen LogP contribution in [0.15, 0.2) is 0 Å². The van der Waals surface area contributed by atoms with Crippen LogP contribution in [-0.4, -0.2) is 56.2 Å². The molecule has 0 saturated carbocycles. The highest BCUT2D eigenvalue weighted by Gasteiger charge is 2.16. The van der Waals surface area contributed by atoms with Crippen LogP contribution in [0.1, 0.15) is 13.3 Å². The Bertz CT molecular complexity index is 193. The molecule has 15 heavy (non-hydrogen) atoms. The number of nitrogens with zero attached hydrogens (tertiary/aromatic N) is 1. The van der Waals surface area contributed by atoms with E-state index in [1.54, 1.807) is 0 Å². The van der Waals surface area contributed by atoms with Gasteiger partial charge in [-0.05, 0) is 13.0 Å². The van der Waals surface area contributed by atoms with Gasteiger partial charge in [0, 0.05) is 19.6 Å². The van der Waals surface area contributed by atoms with E-state index in [0.29, 0.717) is 0 Å². The molecule has 88 valence electrons. The number of nitrogens with one attached hydrogen (secondary N) is 1. The maximum atomic E-state index is 11.1. The van der Waals surface area contributed by atoms with Gasteiger partial charge in [-0.25, -0.2) is 0 Å². The van der Waals surface area contributed by atoms with Gasteiger partial charge >= 0.3 is 0 Å². The molecule has 5 nitrogen and oxygen atoms in total. The van der Waals surface area contributed by atoms with E-state index in [1.807, 2.05) is 6.92 Å². The minimum absolute atomic E-state index is 0.196. The van der Waals surface area contributed by atoms with Crippen molar-refractivity contribution in [3.63, 3.8) is 0 Å². The summed E-state index contributed by atoms with van der Waals surface area (Å²) in [7, 11) is 0. The lowest BCUT2D eigenvalue weighted by Gasteiger charge is -2.27. The number of carbonyl (C=O) groups excluding carboxylic acids is 1. The quantitative estimate of drug-likeness (QED) is 0.607. The van der Waals surface area contributed by atoms with E-state index in [0.717, 1.165) is 45.8 Å². The van der Waals surface area contributed by atoms with Crippen molar-refractivity contribution in [1.29, 1.82) is 0 Å². The molecule has 1 aliphatic heterocycles. The monoisotopic (exact) mass is 215 g/mol. The molecule has 0 aromatic heterocycles. The molecule has 1 fully saturated rings. The van der Waals surface area contributed by atoms with Crippen LogP contribution in [0.3, 0.4) is 0 Å². The van der Waals surface area contributed by atoms with Crippen molar-refractivity contribution in [3.05, 3.63) is 0 Å². The van der Waals surface area contributed by atoms with Gasteiger partial charge in [-0.3, -0.25) is 9.69 Å². The van der Waals surface area contributed by atoms with Crippen molar-refractivity contribution in [3.8, 4) is 0 Å². The number of rotatable bonds is 6. The molecule has 0 aromatic rings. The molecule has 0 aromatic carbocycles. The van der Waals surface area contributed by atoms with E-state index in [1.165, 1.54) is 0 Å². The molecule has 1 saturated heterocycles. The standard InChI is InChI=1S/C10H21N3O2/c1-2-12-9(10(11)14)3-4-13-5-7-15-8-6-13/h9,12H,2-8H2,1H3,(H2,11,14). The van der Waals surface area contributed by atoms with Crippen LogP contribution in [0.4, 0.5) is 0 Å². The molecule has 5 heteroatoms. The number of hydrogen-bond donors (Lipinski definition) is 2. The van der Waals surface area contributed by atoms with E-state index in [9.17, 15) is 4.79 Å². The first-order valence-electron chi connectivity index (χ1n) is 5.57. The fourth-order valence-corrected chi connectivity index (χ4v) is 1.73. The minimum Gasteiger partial charge on any atom is -0.379 e. The van der Waals surface area contributed by atoms with Crippen molar-refractivity contribution < 1.29 is 9.53 Å². The van der Waals surface area contributed by atoms with Gasteiger partial charge in [0.25, 0.3) is 0 Å². The zero-order chi connectivity index (χ0) is 11.1. The van der Waals surface area contributed by atoms with Crippen LogP contribution in [0.5, 0.6) is 0 Å². The van der Waals surface area contributed by atoms with E-state index in [4.69, 9.17) is 10.5 Å². The zero-order valence-electron chi connectivity index (χ0n) is 9.37. The van der Waals surface area contributed by atoms with Gasteiger partial charge in [-0.2, -0.15) is 0 Å². The van der Waals surface area contributed by atoms with Crippen molar-refractivity contribution in [2.75, 3.05) is 39.4 Å². The molecule has 1 aliphatic rings. The highest BCUT2D eigenvalue weighted by atomic mass is 16.5. The molecule has 0 radical (unpaired) electrons. The van der Waals surface area contributed by atoms with Gasteiger partial charge in [0.1, 0.15) is 0 Å². The van der Waals surface area contributed by atoms with Crippen molar-refractivity contribution >= 4 is 5.91 Å². The van der Waals surface area contributed by atoms with Gasteiger partial charge in [0.15, 0.2) is 0 Å². The second kappa shape index (κ2) is 6.76. The molecular weight excluding hydrogens is 194 g/mol. The summed E-state index contributed by atoms with van der Waals surface area (Å²) >= 11 is 0. The van der Waals surface area contributed by atoms with E-state index in [-0.39, 0.29) is 11.9 Å². The Morgan fingerprint density at radius 2 is 2.20 bits per heavy atom. The fourth-order valence-electron chi connectivity index (χ4n) is 1.73. The third-order valence-corrected chi connectivity index (χ3v) is 2.63. The Balaban J connectivity index is 2.22. The van der Waals surface area contributed by atoms with Crippen molar-refractivity contribution in [1.82, 2.24) is 10.2 Å². The van der Waals surface area contributed by atoms with Crippen LogP contribution >= 0.6 is 0 Å². The van der Waals surface area contributed by atoms with Crippen LogP contribution in [-0.2, 0) is 9.53 Å². The molecule has 0 aliphatic carbocycles. The van der Waals surface area contributed by atoms with Crippen molar-refractivity contribution in [2.45, 2.75) is 19.4 Å². The summed E-state index contributed by atoms with van der Waals surface area (Å²) < 4.78 is 5.25. The molecular formula is C10H21N3O2. The average Bonchev–Trinajstić information content (AvgIpc) is 2.25. The molecule has 1 unspecified atom stereocenters. The fraction of sp³-hybridized carbons (Fsp3) is 0.900. The Kier molecular flexibility index (Phi) is 5.60. The minimum atomic E-state index is -0.259. The van der Waals surface area contributed by atoms with Crippen LogP contribution in [0, 0.1) is 0 Å². The molecule has 1 rings (SSSR count). The number of carbonyl (C=O) groups is 1. The van der Waals surface area contributed by atoms with E-state index in [2.05, 4.69) is 10.2 Å². The number of amides is 1. The number of primary amides is 1. The van der Waals surface area contributed by atoms with Gasteiger partial charge in [-0.15, -0.1) is 0 Å². The molecule has 1 amide bonds. The van der Waals surface area contributed by atoms with E-state index >= 15 is 0 Å². The highest BCUT2D eigenvalue weighted by molar-refractivity contribution is 5.79. The largest absolute Gasteiger partial charge is 0.379 e.